The topological polar surface area (TPSA) is 40.5 Å². The highest BCUT2D eigenvalue weighted by molar-refractivity contribution is 5.69. The summed E-state index contributed by atoms with van der Waals surface area (Å²) in [6, 6.07) is 8.43. The third kappa shape index (κ3) is 2.98. The highest BCUT2D eigenvalue weighted by atomic mass is 16.4. The van der Waals surface area contributed by atoms with Gasteiger partial charge in [0, 0.05) is 0 Å². The fourth-order valence-corrected chi connectivity index (χ4v) is 3.00. The van der Waals surface area contributed by atoms with E-state index in [0.29, 0.717) is 0 Å². The molecule has 0 aromatic heterocycles. The van der Waals surface area contributed by atoms with Crippen molar-refractivity contribution in [3.05, 3.63) is 35.4 Å². The number of carboxylic acid groups (broad SMARTS) is 1. The number of hydrogen-bond acceptors (Lipinski definition) is 2. The molecule has 0 saturated carbocycles. The van der Waals surface area contributed by atoms with Crippen molar-refractivity contribution in [3.63, 3.8) is 0 Å². The molecule has 1 aliphatic heterocycles. The molecular formula is C16H23NO2. The first kappa shape index (κ1) is 14.1. The van der Waals surface area contributed by atoms with Crippen molar-refractivity contribution in [2.24, 2.45) is 0 Å². The van der Waals surface area contributed by atoms with Crippen molar-refractivity contribution in [2.75, 3.05) is 13.1 Å². The van der Waals surface area contributed by atoms with E-state index < -0.39 is 5.97 Å². The Morgan fingerprint density at radius 3 is 2.32 bits per heavy atom. The van der Waals surface area contributed by atoms with Gasteiger partial charge in [0.05, 0.1) is 12.0 Å². The zero-order valence-corrected chi connectivity index (χ0v) is 11.9. The Bertz CT molecular complexity index is 435. The fraction of sp³-hybridized carbons (Fsp3) is 0.562. The number of aliphatic carboxylic acids is 1. The Morgan fingerprint density at radius 1 is 1.26 bits per heavy atom. The Kier molecular flexibility index (Phi) is 4.25. The number of aryl methyl sites for hydroxylation is 1. The average Bonchev–Trinajstić information content (AvgIpc) is 2.92. The van der Waals surface area contributed by atoms with E-state index in [1.165, 1.54) is 18.4 Å². The summed E-state index contributed by atoms with van der Waals surface area (Å²) in [5, 5.41) is 9.24. The first-order valence-corrected chi connectivity index (χ1v) is 7.12. The van der Waals surface area contributed by atoms with E-state index in [9.17, 15) is 9.90 Å². The van der Waals surface area contributed by atoms with E-state index in [4.69, 9.17) is 0 Å². The van der Waals surface area contributed by atoms with Gasteiger partial charge in [0.1, 0.15) is 0 Å². The molecule has 1 saturated heterocycles. The van der Waals surface area contributed by atoms with Crippen LogP contribution >= 0.6 is 0 Å². The average molecular weight is 261 g/mol. The predicted molar refractivity (Wildman–Crippen MR) is 76.2 cm³/mol. The Hall–Kier alpha value is -1.35. The lowest BCUT2D eigenvalue weighted by Gasteiger charge is -2.38. The monoisotopic (exact) mass is 261 g/mol. The highest BCUT2D eigenvalue weighted by Crippen LogP contribution is 2.34. The first-order valence-electron chi connectivity index (χ1n) is 7.12. The van der Waals surface area contributed by atoms with Gasteiger partial charge in [-0.2, -0.15) is 0 Å². The van der Waals surface area contributed by atoms with Gasteiger partial charge in [0.25, 0.3) is 0 Å². The molecule has 1 aromatic rings. The smallest absolute Gasteiger partial charge is 0.305 e. The summed E-state index contributed by atoms with van der Waals surface area (Å²) in [6.07, 6.45) is 3.52. The van der Waals surface area contributed by atoms with Crippen molar-refractivity contribution in [3.8, 4) is 0 Å². The largest absolute Gasteiger partial charge is 0.481 e. The van der Waals surface area contributed by atoms with Gasteiger partial charge in [0.2, 0.25) is 0 Å². The molecule has 0 amide bonds. The zero-order chi connectivity index (χ0) is 13.9. The van der Waals surface area contributed by atoms with Crippen LogP contribution in [0.1, 0.15) is 44.2 Å². The van der Waals surface area contributed by atoms with Gasteiger partial charge in [-0.3, -0.25) is 9.69 Å². The number of nitrogens with zero attached hydrogens (tertiary/aromatic N) is 1. The summed E-state index contributed by atoms with van der Waals surface area (Å²) >= 11 is 0. The van der Waals surface area contributed by atoms with Crippen LogP contribution in [0.5, 0.6) is 0 Å². The van der Waals surface area contributed by atoms with Gasteiger partial charge < -0.3 is 5.11 Å². The molecule has 0 radical (unpaired) electrons. The summed E-state index contributed by atoms with van der Waals surface area (Å²) < 4.78 is 0. The third-order valence-corrected chi connectivity index (χ3v) is 4.28. The molecule has 19 heavy (non-hydrogen) atoms. The van der Waals surface area contributed by atoms with Gasteiger partial charge >= 0.3 is 5.97 Å². The van der Waals surface area contributed by atoms with Gasteiger partial charge in [-0.1, -0.05) is 31.2 Å². The van der Waals surface area contributed by atoms with E-state index in [0.717, 1.165) is 25.1 Å². The number of benzene rings is 1. The minimum absolute atomic E-state index is 0.165. The molecule has 2 rings (SSSR count). The van der Waals surface area contributed by atoms with Crippen molar-refractivity contribution in [1.82, 2.24) is 4.90 Å². The maximum absolute atomic E-state index is 11.2. The minimum Gasteiger partial charge on any atom is -0.481 e. The summed E-state index contributed by atoms with van der Waals surface area (Å²) in [7, 11) is 0. The maximum atomic E-state index is 11.2. The lowest BCUT2D eigenvalue weighted by Crippen LogP contribution is -2.43. The number of hydrogen-bond donors (Lipinski definition) is 1. The van der Waals surface area contributed by atoms with E-state index in [2.05, 4.69) is 43.0 Å². The maximum Gasteiger partial charge on any atom is 0.305 e. The number of rotatable bonds is 5. The molecule has 0 bridgehead atoms. The molecule has 104 valence electrons. The van der Waals surface area contributed by atoms with Crippen LogP contribution < -0.4 is 0 Å². The van der Waals surface area contributed by atoms with Crippen molar-refractivity contribution < 1.29 is 9.90 Å². The minimum atomic E-state index is -0.728. The summed E-state index contributed by atoms with van der Waals surface area (Å²) in [5.41, 5.74) is 2.03. The fourth-order valence-electron chi connectivity index (χ4n) is 3.00. The van der Waals surface area contributed by atoms with E-state index in [1.54, 1.807) is 0 Å². The quantitative estimate of drug-likeness (QED) is 0.885. The Labute approximate surface area is 115 Å². The van der Waals surface area contributed by atoms with Gasteiger partial charge in [-0.15, -0.1) is 0 Å². The summed E-state index contributed by atoms with van der Waals surface area (Å²) in [6.45, 7) is 6.19. The van der Waals surface area contributed by atoms with Gasteiger partial charge in [-0.05, 0) is 50.4 Å². The standard InChI is InChI=1S/C16H23NO2/c1-3-13-6-8-14(9-7-13)16(2,12-15(18)19)17-10-4-5-11-17/h6-9H,3-5,10-12H2,1-2H3,(H,18,19). The molecule has 3 heteroatoms. The molecule has 0 spiro atoms. The molecule has 1 atom stereocenters. The van der Waals surface area contributed by atoms with Crippen LogP contribution in [0, 0.1) is 0 Å². The molecule has 1 N–H and O–H groups in total. The second kappa shape index (κ2) is 5.74. The molecule has 1 unspecified atom stereocenters. The zero-order valence-electron chi connectivity index (χ0n) is 11.9. The number of likely N-dealkylation sites (tertiary alicyclic amines) is 1. The first-order chi connectivity index (χ1) is 9.06. The molecule has 1 aromatic carbocycles. The van der Waals surface area contributed by atoms with Crippen LogP contribution in [-0.2, 0) is 16.8 Å². The lowest BCUT2D eigenvalue weighted by molar-refractivity contribution is -0.140. The Morgan fingerprint density at radius 2 is 1.84 bits per heavy atom. The van der Waals surface area contributed by atoms with E-state index in [-0.39, 0.29) is 12.0 Å². The molecule has 1 heterocycles. The van der Waals surface area contributed by atoms with Crippen molar-refractivity contribution in [2.45, 2.75) is 45.1 Å². The van der Waals surface area contributed by atoms with Crippen LogP contribution in [0.3, 0.4) is 0 Å². The second-order valence-corrected chi connectivity index (χ2v) is 5.59. The van der Waals surface area contributed by atoms with Crippen LogP contribution in [-0.4, -0.2) is 29.1 Å². The van der Waals surface area contributed by atoms with Crippen LogP contribution in [0.25, 0.3) is 0 Å². The number of carboxylic acids is 1. The van der Waals surface area contributed by atoms with E-state index >= 15 is 0 Å². The molecule has 1 aliphatic rings. The van der Waals surface area contributed by atoms with Gasteiger partial charge in [-0.25, -0.2) is 0 Å². The van der Waals surface area contributed by atoms with Crippen molar-refractivity contribution in [1.29, 1.82) is 0 Å². The Balaban J connectivity index is 2.31. The van der Waals surface area contributed by atoms with Crippen LogP contribution in [0.15, 0.2) is 24.3 Å². The third-order valence-electron chi connectivity index (χ3n) is 4.28. The predicted octanol–water partition coefficient (Wildman–Crippen LogP) is 3.03. The molecular weight excluding hydrogens is 238 g/mol. The SMILES string of the molecule is CCc1ccc(C(C)(CC(=O)O)N2CCCC2)cc1. The van der Waals surface area contributed by atoms with Crippen LogP contribution in [0.4, 0.5) is 0 Å². The normalized spacial score (nSPS) is 19.3. The number of carbonyl (C=O) groups is 1. The molecule has 0 aliphatic carbocycles. The molecule has 1 fully saturated rings. The summed E-state index contributed by atoms with van der Waals surface area (Å²) in [5.74, 6) is -0.728. The van der Waals surface area contributed by atoms with Crippen LogP contribution in [0.2, 0.25) is 0 Å². The molecule has 3 nitrogen and oxygen atoms in total. The second-order valence-electron chi connectivity index (χ2n) is 5.59. The van der Waals surface area contributed by atoms with Crippen molar-refractivity contribution >= 4 is 5.97 Å². The summed E-state index contributed by atoms with van der Waals surface area (Å²) in [4.78, 5) is 13.6. The lowest BCUT2D eigenvalue weighted by atomic mass is 9.86. The van der Waals surface area contributed by atoms with Gasteiger partial charge in [0.15, 0.2) is 0 Å². The highest BCUT2D eigenvalue weighted by Gasteiger charge is 2.37. The van der Waals surface area contributed by atoms with E-state index in [1.807, 2.05) is 0 Å².